The summed E-state index contributed by atoms with van der Waals surface area (Å²) in [6.07, 6.45) is -3.01. The van der Waals surface area contributed by atoms with Crippen molar-refractivity contribution in [3.8, 4) is 17.0 Å². The number of aliphatic carboxylic acids is 1. The number of ether oxygens (including phenoxy) is 1. The van der Waals surface area contributed by atoms with E-state index in [4.69, 9.17) is 24.1 Å². The Labute approximate surface area is 221 Å². The molecule has 4 aromatic rings. The number of carboxylic acids is 1. The van der Waals surface area contributed by atoms with E-state index in [1.165, 1.54) is 0 Å². The number of benzene rings is 1. The molecular formula is C26H26F3N5O5. The molecule has 1 saturated heterocycles. The number of fused-ring (bicyclic) bond motifs is 1. The van der Waals surface area contributed by atoms with Crippen LogP contribution in [-0.4, -0.2) is 81.3 Å². The van der Waals surface area contributed by atoms with Gasteiger partial charge in [0, 0.05) is 31.9 Å². The molecule has 1 aliphatic rings. The van der Waals surface area contributed by atoms with Gasteiger partial charge in [0.2, 0.25) is 0 Å². The fourth-order valence-electron chi connectivity index (χ4n) is 4.19. The fourth-order valence-corrected chi connectivity index (χ4v) is 4.19. The van der Waals surface area contributed by atoms with Gasteiger partial charge in [-0.2, -0.15) is 13.2 Å². The number of aromatic nitrogens is 3. The Morgan fingerprint density at radius 3 is 2.41 bits per heavy atom. The third kappa shape index (κ3) is 6.20. The monoisotopic (exact) mass is 545 g/mol. The molecule has 0 bridgehead atoms. The summed E-state index contributed by atoms with van der Waals surface area (Å²) in [6.45, 7) is 3.73. The number of carbonyl (C=O) groups excluding carboxylic acids is 1. The first-order chi connectivity index (χ1) is 18.5. The van der Waals surface area contributed by atoms with Crippen molar-refractivity contribution in [2.75, 3.05) is 33.8 Å². The Balaban J connectivity index is 0.000000448. The average Bonchev–Trinajstić information content (AvgIpc) is 3.54. The number of hydrogen-bond donors (Lipinski definition) is 1. The van der Waals surface area contributed by atoms with Crippen LogP contribution in [0.5, 0.6) is 5.75 Å². The summed E-state index contributed by atoms with van der Waals surface area (Å²) in [6, 6.07) is 15.8. The minimum absolute atomic E-state index is 0.00989. The molecule has 39 heavy (non-hydrogen) atoms. The number of hydrogen-bond acceptors (Lipinski definition) is 7. The SMILES string of the molecule is COc1ccc(-c2cccc3nc(C4CN(C(=O)c5cc(C)on5)CCN4C)cn23)cc1.O=C(O)C(F)(F)F. The van der Waals surface area contributed by atoms with Gasteiger partial charge in [-0.05, 0) is 55.9 Å². The maximum Gasteiger partial charge on any atom is 0.490 e. The minimum atomic E-state index is -5.08. The number of methoxy groups -OCH3 is 1. The maximum absolute atomic E-state index is 12.9. The van der Waals surface area contributed by atoms with E-state index in [0.29, 0.717) is 24.5 Å². The molecular weight excluding hydrogens is 519 g/mol. The number of nitrogens with zero attached hydrogens (tertiary/aromatic N) is 5. The zero-order valence-corrected chi connectivity index (χ0v) is 21.3. The van der Waals surface area contributed by atoms with Crippen LogP contribution in [0.15, 0.2) is 59.3 Å². The van der Waals surface area contributed by atoms with Gasteiger partial charge in [-0.1, -0.05) is 11.2 Å². The van der Waals surface area contributed by atoms with Gasteiger partial charge in [0.15, 0.2) is 5.69 Å². The standard InChI is InChI=1S/C24H25N5O3.C2HF3O2/c1-16-13-19(26-32-16)24(30)28-12-11-27(2)22(15-28)20-14-29-21(5-4-6-23(29)25-20)17-7-9-18(31-3)10-8-17;3-2(4,5)1(6)7/h4-10,13-14,22H,11-12,15H2,1-3H3;(H,6,7). The Kier molecular flexibility index (Phi) is 7.90. The highest BCUT2D eigenvalue weighted by atomic mass is 19.4. The van der Waals surface area contributed by atoms with Crippen LogP contribution >= 0.6 is 0 Å². The van der Waals surface area contributed by atoms with Crippen LogP contribution < -0.4 is 4.74 Å². The van der Waals surface area contributed by atoms with Crippen LogP contribution in [0.3, 0.4) is 0 Å². The normalized spacial score (nSPS) is 16.1. The van der Waals surface area contributed by atoms with E-state index in [-0.39, 0.29) is 11.9 Å². The molecule has 1 aliphatic heterocycles. The highest BCUT2D eigenvalue weighted by molar-refractivity contribution is 5.92. The van der Waals surface area contributed by atoms with E-state index >= 15 is 0 Å². The number of likely N-dealkylation sites (N-methyl/N-ethyl adjacent to an activating group) is 1. The summed E-state index contributed by atoms with van der Waals surface area (Å²) < 4.78 is 44.2. The summed E-state index contributed by atoms with van der Waals surface area (Å²) >= 11 is 0. The van der Waals surface area contributed by atoms with Crippen LogP contribution in [0.2, 0.25) is 0 Å². The predicted octanol–water partition coefficient (Wildman–Crippen LogP) is 4.07. The van der Waals surface area contributed by atoms with E-state index in [1.54, 1.807) is 20.1 Å². The quantitative estimate of drug-likeness (QED) is 0.409. The van der Waals surface area contributed by atoms with E-state index in [2.05, 4.69) is 33.8 Å². The number of piperazine rings is 1. The lowest BCUT2D eigenvalue weighted by molar-refractivity contribution is -0.192. The minimum Gasteiger partial charge on any atom is -0.497 e. The Morgan fingerprint density at radius 1 is 1.13 bits per heavy atom. The number of amides is 1. The highest BCUT2D eigenvalue weighted by Crippen LogP contribution is 2.28. The first-order valence-corrected chi connectivity index (χ1v) is 11.8. The molecule has 0 spiro atoms. The Bertz CT molecular complexity index is 1460. The van der Waals surface area contributed by atoms with Gasteiger partial charge in [-0.3, -0.25) is 14.1 Å². The smallest absolute Gasteiger partial charge is 0.490 e. The van der Waals surface area contributed by atoms with E-state index in [0.717, 1.165) is 34.9 Å². The van der Waals surface area contributed by atoms with Gasteiger partial charge in [-0.15, -0.1) is 0 Å². The number of carboxylic acid groups (broad SMARTS) is 1. The molecule has 5 rings (SSSR count). The molecule has 10 nitrogen and oxygen atoms in total. The lowest BCUT2D eigenvalue weighted by Gasteiger charge is -2.38. The van der Waals surface area contributed by atoms with Crippen molar-refractivity contribution < 1.29 is 37.1 Å². The van der Waals surface area contributed by atoms with Crippen LogP contribution in [0.25, 0.3) is 16.9 Å². The number of halogens is 3. The molecule has 1 atom stereocenters. The van der Waals surface area contributed by atoms with Gasteiger partial charge in [0.1, 0.15) is 17.2 Å². The van der Waals surface area contributed by atoms with Crippen LogP contribution in [0, 0.1) is 6.92 Å². The van der Waals surface area contributed by atoms with Crippen molar-refractivity contribution in [1.29, 1.82) is 0 Å². The van der Waals surface area contributed by atoms with Gasteiger partial charge >= 0.3 is 12.1 Å². The third-order valence-corrected chi connectivity index (χ3v) is 6.26. The second kappa shape index (κ2) is 11.2. The van der Waals surface area contributed by atoms with Crippen molar-refractivity contribution in [2.45, 2.75) is 19.1 Å². The topological polar surface area (TPSA) is 113 Å². The molecule has 1 amide bonds. The molecule has 0 aliphatic carbocycles. The molecule has 1 fully saturated rings. The number of aryl methyl sites for hydroxylation is 1. The van der Waals surface area contributed by atoms with Crippen LogP contribution in [0.1, 0.15) is 28.0 Å². The number of alkyl halides is 3. The van der Waals surface area contributed by atoms with Gasteiger partial charge in [-0.25, -0.2) is 9.78 Å². The van der Waals surface area contributed by atoms with Crippen molar-refractivity contribution in [1.82, 2.24) is 24.3 Å². The molecule has 3 aromatic heterocycles. The zero-order valence-electron chi connectivity index (χ0n) is 21.3. The molecule has 4 heterocycles. The second-order valence-electron chi connectivity index (χ2n) is 8.91. The van der Waals surface area contributed by atoms with Crippen molar-refractivity contribution in [3.63, 3.8) is 0 Å². The van der Waals surface area contributed by atoms with Crippen LogP contribution in [0.4, 0.5) is 13.2 Å². The maximum atomic E-state index is 12.9. The summed E-state index contributed by atoms with van der Waals surface area (Å²) in [5.74, 6) is -1.41. The second-order valence-corrected chi connectivity index (χ2v) is 8.91. The van der Waals surface area contributed by atoms with Crippen molar-refractivity contribution in [3.05, 3.63) is 71.9 Å². The molecule has 0 radical (unpaired) electrons. The first kappa shape index (κ1) is 27.6. The lowest BCUT2D eigenvalue weighted by Crippen LogP contribution is -2.49. The number of pyridine rings is 1. The van der Waals surface area contributed by atoms with Crippen molar-refractivity contribution in [2.24, 2.45) is 0 Å². The molecule has 0 saturated carbocycles. The Hall–Kier alpha value is -4.39. The van der Waals surface area contributed by atoms with Crippen molar-refractivity contribution >= 4 is 17.5 Å². The average molecular weight is 546 g/mol. The Morgan fingerprint density at radius 2 is 1.82 bits per heavy atom. The van der Waals surface area contributed by atoms with Gasteiger partial charge < -0.3 is 19.3 Å². The summed E-state index contributed by atoms with van der Waals surface area (Å²) in [5.41, 5.74) is 4.28. The van der Waals surface area contributed by atoms with Crippen LogP contribution in [-0.2, 0) is 4.79 Å². The predicted molar refractivity (Wildman–Crippen MR) is 133 cm³/mol. The lowest BCUT2D eigenvalue weighted by atomic mass is 10.1. The zero-order chi connectivity index (χ0) is 28.3. The molecule has 1 unspecified atom stereocenters. The molecule has 13 heteroatoms. The summed E-state index contributed by atoms with van der Waals surface area (Å²) in [5, 5.41) is 11.0. The summed E-state index contributed by atoms with van der Waals surface area (Å²) in [7, 11) is 3.73. The van der Waals surface area contributed by atoms with Gasteiger partial charge in [0.25, 0.3) is 5.91 Å². The largest absolute Gasteiger partial charge is 0.497 e. The molecule has 1 aromatic carbocycles. The molecule has 206 valence electrons. The fraction of sp³-hybridized carbons (Fsp3) is 0.308. The first-order valence-electron chi connectivity index (χ1n) is 11.8. The van der Waals surface area contributed by atoms with E-state index in [1.807, 2.05) is 41.3 Å². The number of rotatable bonds is 4. The van der Waals surface area contributed by atoms with E-state index < -0.39 is 12.1 Å². The van der Waals surface area contributed by atoms with E-state index in [9.17, 15) is 18.0 Å². The van der Waals surface area contributed by atoms with Gasteiger partial charge in [0.05, 0.1) is 24.5 Å². The molecule has 1 N–H and O–H groups in total. The number of imidazole rings is 1. The third-order valence-electron chi connectivity index (χ3n) is 6.26. The number of carbonyl (C=O) groups is 2. The highest BCUT2D eigenvalue weighted by Gasteiger charge is 2.38. The summed E-state index contributed by atoms with van der Waals surface area (Å²) in [4.78, 5) is 30.8.